The van der Waals surface area contributed by atoms with Crippen LogP contribution in [0.25, 0.3) is 0 Å². The second kappa shape index (κ2) is 4.84. The molecule has 7 nitrogen and oxygen atoms in total. The zero-order chi connectivity index (χ0) is 19.9. The number of aliphatic hydroxyl groups is 4. The number of fused-ring (bicyclic) bond motifs is 4. The zero-order valence-corrected chi connectivity index (χ0v) is 16.4. The first-order valence-corrected chi connectivity index (χ1v) is 10.7. The van der Waals surface area contributed by atoms with Crippen molar-refractivity contribution in [2.24, 2.45) is 34.0 Å². The average molecular weight is 394 g/mol. The smallest absolute Gasteiger partial charge is 0.183 e. The van der Waals surface area contributed by atoms with Gasteiger partial charge in [0.15, 0.2) is 17.2 Å². The maximum absolute atomic E-state index is 13.8. The Labute approximate surface area is 164 Å². The van der Waals surface area contributed by atoms with Crippen molar-refractivity contribution >= 4 is 5.78 Å². The van der Waals surface area contributed by atoms with Crippen LogP contribution in [0.15, 0.2) is 0 Å². The lowest BCUT2D eigenvalue weighted by atomic mass is 9.43. The first-order valence-electron chi connectivity index (χ1n) is 10.7. The summed E-state index contributed by atoms with van der Waals surface area (Å²) in [6.07, 6.45) is -0.357. The van der Waals surface area contributed by atoms with Gasteiger partial charge in [0.2, 0.25) is 0 Å². The number of rotatable bonds is 0. The van der Waals surface area contributed by atoms with Crippen LogP contribution in [0, 0.1) is 34.0 Å². The SMILES string of the molecule is CC1(C)CC[C@H](O)C23COC(O)(C[C@H](O)[C@@H]12)C12C(=O)[C@]4(CO4)[C@H](CC[C@H]31)[C@H]2O. The van der Waals surface area contributed by atoms with E-state index < -0.39 is 46.4 Å². The number of carbonyl (C=O) groups is 1. The topological polar surface area (TPSA) is 120 Å². The molecule has 3 unspecified atom stereocenters. The molecule has 3 saturated heterocycles. The molecule has 4 bridgehead atoms. The molecule has 7 heteroatoms. The van der Waals surface area contributed by atoms with E-state index in [0.29, 0.717) is 19.3 Å². The van der Waals surface area contributed by atoms with E-state index >= 15 is 0 Å². The number of aliphatic hydroxyl groups excluding tert-OH is 3. The van der Waals surface area contributed by atoms with E-state index in [0.717, 1.165) is 6.42 Å². The Morgan fingerprint density at radius 3 is 2.43 bits per heavy atom. The van der Waals surface area contributed by atoms with Crippen LogP contribution in [0.1, 0.15) is 46.0 Å². The summed E-state index contributed by atoms with van der Waals surface area (Å²) in [4.78, 5) is 13.8. The molecule has 7 rings (SSSR count). The van der Waals surface area contributed by atoms with Gasteiger partial charge in [0.05, 0.1) is 31.5 Å². The standard InChI is InChI=1S/C21H30O7/c1-17(2)6-5-13(23)18-8-28-20(26,7-11(22)14(17)18)21-12(18)4-3-10(15(21)24)19(9-27-19)16(21)25/h10-15,22-24,26H,3-9H2,1-2H3/t10-,11+,12-,13+,14+,15-,18?,19+,20?,21?/m1/s1. The molecule has 4 N–H and O–H groups in total. The molecular formula is C21H30O7. The maximum Gasteiger partial charge on any atom is 0.183 e. The quantitative estimate of drug-likeness (QED) is 0.426. The Balaban J connectivity index is 1.64. The van der Waals surface area contributed by atoms with Gasteiger partial charge in [-0.15, -0.1) is 0 Å². The molecule has 3 heterocycles. The van der Waals surface area contributed by atoms with Crippen molar-refractivity contribution in [3.8, 4) is 0 Å². The molecule has 0 aromatic carbocycles. The zero-order valence-electron chi connectivity index (χ0n) is 16.4. The van der Waals surface area contributed by atoms with Crippen molar-refractivity contribution in [1.29, 1.82) is 0 Å². The summed E-state index contributed by atoms with van der Waals surface area (Å²) < 4.78 is 11.7. The molecule has 156 valence electrons. The third-order valence-corrected chi connectivity index (χ3v) is 9.81. The van der Waals surface area contributed by atoms with Crippen molar-refractivity contribution in [1.82, 2.24) is 0 Å². The molecule has 28 heavy (non-hydrogen) atoms. The van der Waals surface area contributed by atoms with Gasteiger partial charge in [0.25, 0.3) is 0 Å². The van der Waals surface area contributed by atoms with Crippen molar-refractivity contribution in [2.45, 2.75) is 75.7 Å². The van der Waals surface area contributed by atoms with Gasteiger partial charge in [-0.3, -0.25) is 4.79 Å². The Hall–Kier alpha value is -0.570. The Bertz CT molecular complexity index is 762. The van der Waals surface area contributed by atoms with Crippen LogP contribution in [-0.2, 0) is 14.3 Å². The minimum absolute atomic E-state index is 0.0980. The van der Waals surface area contributed by atoms with Crippen LogP contribution in [0.2, 0.25) is 0 Å². The van der Waals surface area contributed by atoms with E-state index in [1.54, 1.807) is 0 Å². The first-order chi connectivity index (χ1) is 13.1. The third-order valence-electron chi connectivity index (χ3n) is 9.81. The number of ketones is 1. The van der Waals surface area contributed by atoms with Gasteiger partial charge < -0.3 is 29.9 Å². The number of Topliss-reactive ketones (excluding diaryl/α,β-unsaturated/α-hetero) is 1. The highest BCUT2D eigenvalue weighted by Gasteiger charge is 2.88. The normalized spacial score (nSPS) is 63.7. The van der Waals surface area contributed by atoms with Crippen LogP contribution in [0.5, 0.6) is 0 Å². The average Bonchev–Trinajstić information content (AvgIpc) is 3.42. The monoisotopic (exact) mass is 394 g/mol. The van der Waals surface area contributed by atoms with E-state index in [1.165, 1.54) is 0 Å². The van der Waals surface area contributed by atoms with Crippen LogP contribution >= 0.6 is 0 Å². The van der Waals surface area contributed by atoms with Crippen LogP contribution in [0.4, 0.5) is 0 Å². The van der Waals surface area contributed by atoms with E-state index in [1.807, 2.05) is 0 Å². The Morgan fingerprint density at radius 2 is 1.75 bits per heavy atom. The van der Waals surface area contributed by atoms with Gasteiger partial charge in [0, 0.05) is 23.7 Å². The number of hydrogen-bond donors (Lipinski definition) is 4. The van der Waals surface area contributed by atoms with Crippen LogP contribution in [-0.4, -0.2) is 69.1 Å². The fraction of sp³-hybridized carbons (Fsp3) is 0.952. The highest BCUT2D eigenvalue weighted by atomic mass is 16.6. The number of ether oxygens (including phenoxy) is 2. The van der Waals surface area contributed by atoms with E-state index in [2.05, 4.69) is 13.8 Å². The summed E-state index contributed by atoms with van der Waals surface area (Å²) in [7, 11) is 0. The van der Waals surface area contributed by atoms with Gasteiger partial charge >= 0.3 is 0 Å². The molecule has 0 radical (unpaired) electrons. The lowest BCUT2D eigenvalue weighted by molar-refractivity contribution is -0.364. The summed E-state index contributed by atoms with van der Waals surface area (Å²) in [5.74, 6) is -3.35. The van der Waals surface area contributed by atoms with Gasteiger partial charge in [-0.1, -0.05) is 13.8 Å². The minimum Gasteiger partial charge on any atom is -0.393 e. The van der Waals surface area contributed by atoms with Gasteiger partial charge in [-0.05, 0) is 37.0 Å². The van der Waals surface area contributed by atoms with Crippen molar-refractivity contribution in [2.75, 3.05) is 13.2 Å². The van der Waals surface area contributed by atoms with Crippen molar-refractivity contribution in [3.63, 3.8) is 0 Å². The van der Waals surface area contributed by atoms with Crippen LogP contribution < -0.4 is 0 Å². The molecule has 0 amide bonds. The van der Waals surface area contributed by atoms with Crippen molar-refractivity contribution in [3.05, 3.63) is 0 Å². The fourth-order valence-corrected chi connectivity index (χ4v) is 8.83. The predicted molar refractivity (Wildman–Crippen MR) is 94.8 cm³/mol. The highest BCUT2D eigenvalue weighted by Crippen LogP contribution is 2.76. The molecule has 10 atom stereocenters. The first kappa shape index (κ1) is 18.2. The summed E-state index contributed by atoms with van der Waals surface area (Å²) >= 11 is 0. The lowest BCUT2D eigenvalue weighted by Gasteiger charge is -2.65. The molecule has 0 aromatic heterocycles. The molecule has 4 saturated carbocycles. The molecule has 3 aliphatic heterocycles. The number of hydrogen-bond acceptors (Lipinski definition) is 7. The summed E-state index contributed by atoms with van der Waals surface area (Å²) in [6, 6.07) is 0. The van der Waals surface area contributed by atoms with Crippen LogP contribution in [0.3, 0.4) is 0 Å². The lowest BCUT2D eigenvalue weighted by Crippen LogP contribution is -2.73. The van der Waals surface area contributed by atoms with E-state index in [-0.39, 0.29) is 42.7 Å². The summed E-state index contributed by atoms with van der Waals surface area (Å²) in [6.45, 7) is 4.55. The highest BCUT2D eigenvalue weighted by molar-refractivity contribution is 6.00. The Kier molecular flexibility index (Phi) is 3.15. The maximum atomic E-state index is 13.8. The van der Waals surface area contributed by atoms with E-state index in [4.69, 9.17) is 9.47 Å². The van der Waals surface area contributed by atoms with Crippen molar-refractivity contribution < 1.29 is 34.7 Å². The second-order valence-electron chi connectivity index (χ2n) is 11.0. The summed E-state index contributed by atoms with van der Waals surface area (Å²) in [5.41, 5.74) is -3.72. The Morgan fingerprint density at radius 1 is 1.04 bits per heavy atom. The van der Waals surface area contributed by atoms with Gasteiger partial charge in [0.1, 0.15) is 5.41 Å². The number of epoxide rings is 1. The molecular weight excluding hydrogens is 364 g/mol. The molecule has 7 aliphatic rings. The molecule has 4 aliphatic carbocycles. The molecule has 0 aromatic rings. The second-order valence-corrected chi connectivity index (χ2v) is 11.0. The van der Waals surface area contributed by atoms with Gasteiger partial charge in [-0.2, -0.15) is 0 Å². The predicted octanol–water partition coefficient (Wildman–Crippen LogP) is -0.0215. The molecule has 3 spiro atoms. The van der Waals surface area contributed by atoms with Gasteiger partial charge in [-0.25, -0.2) is 0 Å². The fourth-order valence-electron chi connectivity index (χ4n) is 8.83. The third kappa shape index (κ3) is 1.57. The van der Waals surface area contributed by atoms with E-state index in [9.17, 15) is 25.2 Å². The largest absolute Gasteiger partial charge is 0.393 e. The number of carbonyl (C=O) groups excluding carboxylic acids is 1. The summed E-state index contributed by atoms with van der Waals surface area (Å²) in [5, 5.41) is 45.8. The minimum atomic E-state index is -1.94. The molecule has 7 fully saturated rings.